The molecule has 2 unspecified atom stereocenters. The Balaban J connectivity index is -0.000000433. The molecule has 0 bridgehead atoms. The van der Waals surface area contributed by atoms with E-state index in [-0.39, 0.29) is 51.0 Å². The second-order valence-corrected chi connectivity index (χ2v) is 9.39. The topological polar surface area (TPSA) is 285 Å². The summed E-state index contributed by atoms with van der Waals surface area (Å²) in [7, 11) is 2.82. The summed E-state index contributed by atoms with van der Waals surface area (Å²) in [6, 6.07) is -1.52. The first-order chi connectivity index (χ1) is 22.4. The van der Waals surface area contributed by atoms with Crippen LogP contribution in [0.15, 0.2) is 25.0 Å². The molecule has 1 aliphatic heterocycles. The first-order valence-corrected chi connectivity index (χ1v) is 14.8. The van der Waals surface area contributed by atoms with Gasteiger partial charge in [0.05, 0.1) is 13.7 Å². The molecule has 0 aromatic rings. The van der Waals surface area contributed by atoms with Crippen LogP contribution in [0.3, 0.4) is 0 Å². The van der Waals surface area contributed by atoms with Gasteiger partial charge in [0.1, 0.15) is 18.7 Å². The van der Waals surface area contributed by atoms with Crippen LogP contribution in [0.25, 0.3) is 0 Å². The van der Waals surface area contributed by atoms with Crippen LogP contribution in [0, 0.1) is 0 Å². The van der Waals surface area contributed by atoms with E-state index in [2.05, 4.69) is 62.6 Å². The van der Waals surface area contributed by atoms with Crippen molar-refractivity contribution in [3.63, 3.8) is 0 Å². The number of amides is 3. The van der Waals surface area contributed by atoms with Crippen molar-refractivity contribution in [1.29, 1.82) is 0 Å². The fourth-order valence-corrected chi connectivity index (χ4v) is 3.00. The summed E-state index contributed by atoms with van der Waals surface area (Å²) in [5.41, 5.74) is 18.0. The summed E-state index contributed by atoms with van der Waals surface area (Å²) in [5.74, 6) is -2.10. The number of thiol groups is 1. The van der Waals surface area contributed by atoms with Gasteiger partial charge in [-0.05, 0) is 51.8 Å². The molecule has 1 rings (SSSR count). The Morgan fingerprint density at radius 3 is 2.12 bits per heavy atom. The molecule has 0 radical (unpaired) electrons. The number of carboxylic acids is 1. The van der Waals surface area contributed by atoms with Crippen LogP contribution < -0.4 is 43.4 Å². The van der Waals surface area contributed by atoms with Gasteiger partial charge in [-0.2, -0.15) is 5.48 Å². The number of unbranched alkanes of at least 4 members (excludes halogenated alkanes) is 2. The van der Waals surface area contributed by atoms with E-state index in [1.807, 2.05) is 4.89 Å². The van der Waals surface area contributed by atoms with Crippen molar-refractivity contribution in [2.75, 3.05) is 47.1 Å². The largest absolute Gasteiger partial charge is 0.480 e. The molecule has 0 aromatic carbocycles. The van der Waals surface area contributed by atoms with Crippen molar-refractivity contribution >= 4 is 42.5 Å². The van der Waals surface area contributed by atoms with E-state index < -0.39 is 24.0 Å². The third-order valence-corrected chi connectivity index (χ3v) is 5.42. The number of carboxylic acid groups (broad SMARTS) is 1. The molecule has 0 aliphatic carbocycles. The maximum Gasteiger partial charge on any atom is 0.346 e. The fraction of sp³-hybridized carbons (Fsp3) is 0.679. The van der Waals surface area contributed by atoms with Gasteiger partial charge in [-0.15, -0.1) is 5.48 Å². The average molecular weight is 731 g/mol. The first-order valence-electron chi connectivity index (χ1n) is 14.4. The Hall–Kier alpha value is -3.70. The number of rotatable bonds is 25. The molecule has 3 amide bonds. The molecule has 1 fully saturated rings. The van der Waals surface area contributed by atoms with Crippen LogP contribution in [0.2, 0.25) is 0 Å². The molecule has 21 heteroatoms. The maximum absolute atomic E-state index is 11.9. The Bertz CT molecular complexity index is 935. The van der Waals surface area contributed by atoms with Gasteiger partial charge in [-0.1, -0.05) is 39.0 Å². The van der Waals surface area contributed by atoms with E-state index in [1.165, 1.54) is 14.2 Å². The van der Waals surface area contributed by atoms with E-state index in [4.69, 9.17) is 35.8 Å². The lowest BCUT2D eigenvalue weighted by molar-refractivity contribution is -0.154. The zero-order chi connectivity index (χ0) is 35.9. The average Bonchev–Trinajstić information content (AvgIpc) is 3.42. The first kappa shape index (κ1) is 52.1. The van der Waals surface area contributed by atoms with Gasteiger partial charge < -0.3 is 45.9 Å². The summed E-state index contributed by atoms with van der Waals surface area (Å²) in [6.45, 7) is 8.80. The van der Waals surface area contributed by atoms with Crippen LogP contribution in [0.4, 0.5) is 0 Å². The predicted octanol–water partition coefficient (Wildman–Crippen LogP) is -0.445. The number of carbonyl (C=O) groups excluding carboxylic acids is 4. The summed E-state index contributed by atoms with van der Waals surface area (Å²) in [6.07, 6.45) is 4.64. The van der Waals surface area contributed by atoms with Gasteiger partial charge in [0.25, 0.3) is 5.95 Å². The third kappa shape index (κ3) is 34.0. The van der Waals surface area contributed by atoms with E-state index in [0.29, 0.717) is 64.8 Å². The normalized spacial score (nSPS) is 12.3. The minimum atomic E-state index is -0.933. The molecule has 1 saturated heterocycles. The Morgan fingerprint density at radius 1 is 0.980 bits per heavy atom. The molecule has 0 aromatic heterocycles. The number of hydrogen-bond acceptors (Lipinski definition) is 18. The van der Waals surface area contributed by atoms with Crippen LogP contribution in [0.1, 0.15) is 66.2 Å². The quantitative estimate of drug-likeness (QED) is 0.0187. The summed E-state index contributed by atoms with van der Waals surface area (Å²) < 4.78 is 9.38. The van der Waals surface area contributed by atoms with Crippen molar-refractivity contribution < 1.29 is 57.9 Å². The van der Waals surface area contributed by atoms with Crippen LogP contribution >= 0.6 is 12.8 Å². The predicted molar refractivity (Wildman–Crippen MR) is 183 cm³/mol. The van der Waals surface area contributed by atoms with Gasteiger partial charge in [-0.3, -0.25) is 29.3 Å². The number of nitrogens with one attached hydrogen (secondary N) is 6. The molecule has 49 heavy (non-hydrogen) atoms. The molecule has 0 saturated carbocycles. The van der Waals surface area contributed by atoms with Gasteiger partial charge in [0.15, 0.2) is 0 Å². The highest BCUT2D eigenvalue weighted by molar-refractivity contribution is 7.77. The Kier molecular flexibility index (Phi) is 37.9. The lowest BCUT2D eigenvalue weighted by Crippen LogP contribution is -2.40. The molecule has 1 aliphatic rings. The number of aliphatic carboxylic acids is 1. The minimum Gasteiger partial charge on any atom is -0.480 e. The standard InChI is InChI=1S/C16H31N5O8S.C6H14N2O2.C4H5NO2.2CH4/c1-12(19-28-13(2)25-4)27-20-14(16(23)29-21-30)7-5-6-8-18-26-10-9-17-15(22)11-24-3;7-4-2-1-3-5(8)6(9)10;6-3-1-2-4(7)5-3;;/h14,18-21,30H,1-2,5-11H2,3-4H3,(H,17,22);5H,1-4,7-8H2,(H,9,10);1-2H2,(H,5,6,7);2*1H4. The number of hydrogen-bond donors (Lipinski definition) is 10. The molecule has 288 valence electrons. The Morgan fingerprint density at radius 2 is 1.61 bits per heavy atom. The molecule has 1 heterocycles. The van der Waals surface area contributed by atoms with Crippen LogP contribution in [-0.2, 0) is 52.8 Å². The van der Waals surface area contributed by atoms with Gasteiger partial charge in [0, 0.05) is 33.0 Å². The van der Waals surface area contributed by atoms with E-state index in [1.54, 1.807) is 0 Å². The van der Waals surface area contributed by atoms with Crippen molar-refractivity contribution in [1.82, 2.24) is 32.0 Å². The summed E-state index contributed by atoms with van der Waals surface area (Å²) >= 11 is 3.62. The monoisotopic (exact) mass is 730 g/mol. The molecule has 11 N–H and O–H groups in total. The zero-order valence-corrected chi connectivity index (χ0v) is 27.7. The Labute approximate surface area is 294 Å². The second kappa shape index (κ2) is 35.6. The van der Waals surface area contributed by atoms with Gasteiger partial charge in [-0.25, -0.2) is 10.3 Å². The molecule has 20 nitrogen and oxygen atoms in total. The summed E-state index contributed by atoms with van der Waals surface area (Å²) in [4.78, 5) is 75.3. The number of imide groups is 1. The highest BCUT2D eigenvalue weighted by atomic mass is 32.1. The highest BCUT2D eigenvalue weighted by Gasteiger charge is 2.21. The van der Waals surface area contributed by atoms with Gasteiger partial charge in [0.2, 0.25) is 23.6 Å². The van der Waals surface area contributed by atoms with Crippen molar-refractivity contribution in [3.8, 4) is 0 Å². The van der Waals surface area contributed by atoms with E-state index in [0.717, 1.165) is 12.8 Å². The smallest absolute Gasteiger partial charge is 0.346 e. The summed E-state index contributed by atoms with van der Waals surface area (Å²) in [5, 5.41) is 13.1. The van der Waals surface area contributed by atoms with Crippen LogP contribution in [0.5, 0.6) is 0 Å². The lowest BCUT2D eigenvalue weighted by Gasteiger charge is -2.18. The zero-order valence-electron chi connectivity index (χ0n) is 26.8. The van der Waals surface area contributed by atoms with Crippen molar-refractivity contribution in [2.45, 2.75) is 78.3 Å². The number of ether oxygens (including phenoxy) is 2. The minimum absolute atomic E-state index is 0. The van der Waals surface area contributed by atoms with Crippen LogP contribution in [-0.4, -0.2) is 93.9 Å². The molecule has 0 spiro atoms. The molecular formula is C28H58N8O12S. The fourth-order valence-electron chi connectivity index (χ4n) is 2.91. The highest BCUT2D eigenvalue weighted by Crippen LogP contribution is 2.04. The number of methoxy groups -OCH3 is 2. The second-order valence-electron chi connectivity index (χ2n) is 9.21. The van der Waals surface area contributed by atoms with Crippen molar-refractivity contribution in [2.24, 2.45) is 11.5 Å². The van der Waals surface area contributed by atoms with E-state index in [9.17, 15) is 24.0 Å². The third-order valence-electron chi connectivity index (χ3n) is 5.33. The maximum atomic E-state index is 11.9. The molecule has 2 atom stereocenters. The SMILES string of the molecule is C.C.C=C(NOC(=C)OC)ONC(CCCCNOCCNC(=O)COC)C(=O)ONS.NCCCCC(N)C(=O)O.O=C1CCC(=O)N1. The van der Waals surface area contributed by atoms with E-state index >= 15 is 0 Å². The number of nitrogens with two attached hydrogens (primary N) is 2. The molecular weight excluding hydrogens is 672 g/mol. The van der Waals surface area contributed by atoms with Gasteiger partial charge >= 0.3 is 11.9 Å². The number of carbonyl (C=O) groups is 5. The van der Waals surface area contributed by atoms with Crippen molar-refractivity contribution in [3.05, 3.63) is 25.0 Å². The number of hydroxylamine groups is 3. The lowest BCUT2D eigenvalue weighted by atomic mass is 10.1.